The highest BCUT2D eigenvalue weighted by molar-refractivity contribution is 6.39. The van der Waals surface area contributed by atoms with E-state index in [0.29, 0.717) is 56.4 Å². The smallest absolute Gasteiger partial charge is 0.358 e. The molecule has 2 aromatic heterocycles. The zero-order valence-corrected chi connectivity index (χ0v) is 26.3. The first kappa shape index (κ1) is 30.0. The standard InChI is InChI=1S/C32H32Cl3N3O5/c1-4-41-31(39)26-13-27(38(36-26)17(2)3)19-14-32(40,15-19)22-11-10-20(12-25(22)35)42-16-21-29(37-43-30(21)18-8-9-18)28-23(33)6-5-7-24(28)34/h5-7,10-13,17-19,40H,4,8-9,14-16H2,1-3H3/t19-,32-. The van der Waals surface area contributed by atoms with Crippen molar-refractivity contribution in [2.75, 3.05) is 6.61 Å². The number of rotatable bonds is 10. The van der Waals surface area contributed by atoms with E-state index in [0.717, 1.165) is 29.9 Å². The number of hydrogen-bond acceptors (Lipinski definition) is 7. The molecule has 2 saturated carbocycles. The van der Waals surface area contributed by atoms with Crippen LogP contribution in [0.4, 0.5) is 0 Å². The summed E-state index contributed by atoms with van der Waals surface area (Å²) in [5.41, 5.74) is 2.68. The maximum Gasteiger partial charge on any atom is 0.358 e. The van der Waals surface area contributed by atoms with Crippen LogP contribution >= 0.6 is 34.8 Å². The maximum atomic E-state index is 12.3. The third-order valence-electron chi connectivity index (χ3n) is 8.12. The van der Waals surface area contributed by atoms with E-state index in [2.05, 4.69) is 10.3 Å². The van der Waals surface area contributed by atoms with E-state index in [1.807, 2.05) is 18.5 Å². The number of aliphatic hydroxyl groups is 1. The number of hydrogen-bond donors (Lipinski definition) is 1. The van der Waals surface area contributed by atoms with Gasteiger partial charge in [-0.05, 0) is 76.8 Å². The molecule has 0 unspecified atom stereocenters. The molecule has 8 nitrogen and oxygen atoms in total. The van der Waals surface area contributed by atoms with Crippen LogP contribution in [0.1, 0.15) is 97.4 Å². The first-order valence-electron chi connectivity index (χ1n) is 14.4. The SMILES string of the molecule is CCOC(=O)c1cc([C@H]2C[C@@](O)(c3ccc(OCc4c(-c5c(Cl)cccc5Cl)noc4C4CC4)cc3Cl)C2)n(C(C)C)n1. The summed E-state index contributed by atoms with van der Waals surface area (Å²) in [6, 6.07) is 12.5. The molecule has 2 aliphatic rings. The van der Waals surface area contributed by atoms with Crippen LogP contribution in [-0.2, 0) is 16.9 Å². The number of benzene rings is 2. The summed E-state index contributed by atoms with van der Waals surface area (Å²) in [4.78, 5) is 12.3. The molecular weight excluding hydrogens is 613 g/mol. The third-order valence-corrected chi connectivity index (χ3v) is 9.06. The van der Waals surface area contributed by atoms with Gasteiger partial charge in [0.2, 0.25) is 0 Å². The lowest BCUT2D eigenvalue weighted by Gasteiger charge is -2.44. The van der Waals surface area contributed by atoms with Crippen LogP contribution in [0.3, 0.4) is 0 Å². The topological polar surface area (TPSA) is 99.6 Å². The van der Waals surface area contributed by atoms with Crippen LogP contribution in [0.25, 0.3) is 11.3 Å². The van der Waals surface area contributed by atoms with Gasteiger partial charge in [0, 0.05) is 34.7 Å². The van der Waals surface area contributed by atoms with Gasteiger partial charge in [0.05, 0.1) is 32.8 Å². The highest BCUT2D eigenvalue weighted by Gasteiger charge is 2.47. The van der Waals surface area contributed by atoms with Crippen molar-refractivity contribution in [3.8, 4) is 17.0 Å². The minimum absolute atomic E-state index is 0.0135. The number of carbonyl (C=O) groups is 1. The molecule has 0 amide bonds. The Bertz CT molecular complexity index is 1650. The van der Waals surface area contributed by atoms with Crippen LogP contribution in [-0.4, -0.2) is 32.6 Å². The lowest BCUT2D eigenvalue weighted by Crippen LogP contribution is -2.41. The second kappa shape index (κ2) is 11.8. The van der Waals surface area contributed by atoms with E-state index < -0.39 is 11.6 Å². The van der Waals surface area contributed by atoms with Crippen molar-refractivity contribution >= 4 is 40.8 Å². The van der Waals surface area contributed by atoms with Crippen LogP contribution in [0, 0.1) is 0 Å². The van der Waals surface area contributed by atoms with Gasteiger partial charge >= 0.3 is 5.97 Å². The van der Waals surface area contributed by atoms with E-state index in [4.69, 9.17) is 48.8 Å². The Morgan fingerprint density at radius 1 is 1.09 bits per heavy atom. The summed E-state index contributed by atoms with van der Waals surface area (Å²) in [5, 5.41) is 21.7. The molecule has 0 atom stereocenters. The predicted molar refractivity (Wildman–Crippen MR) is 164 cm³/mol. The summed E-state index contributed by atoms with van der Waals surface area (Å²) >= 11 is 19.7. The number of carbonyl (C=O) groups excluding carboxylic acids is 1. The van der Waals surface area contributed by atoms with Crippen molar-refractivity contribution in [3.05, 3.63) is 85.8 Å². The van der Waals surface area contributed by atoms with Gasteiger partial charge in [-0.15, -0.1) is 0 Å². The van der Waals surface area contributed by atoms with Gasteiger partial charge in [0.1, 0.15) is 23.8 Å². The molecule has 6 rings (SSSR count). The molecule has 2 aromatic carbocycles. The van der Waals surface area contributed by atoms with E-state index in [1.54, 1.807) is 49.4 Å². The first-order chi connectivity index (χ1) is 20.6. The predicted octanol–water partition coefficient (Wildman–Crippen LogP) is 8.48. The Balaban J connectivity index is 1.18. The molecule has 0 spiro atoms. The molecule has 0 radical (unpaired) electrons. The fourth-order valence-electron chi connectivity index (χ4n) is 5.78. The Labute approximate surface area is 264 Å². The van der Waals surface area contributed by atoms with E-state index in [-0.39, 0.29) is 30.9 Å². The van der Waals surface area contributed by atoms with Crippen molar-refractivity contribution in [1.29, 1.82) is 0 Å². The minimum atomic E-state index is -1.11. The maximum absolute atomic E-state index is 12.3. The van der Waals surface area contributed by atoms with Crippen molar-refractivity contribution in [2.24, 2.45) is 0 Å². The molecule has 0 aliphatic heterocycles. The fourth-order valence-corrected chi connectivity index (χ4v) is 6.71. The quantitative estimate of drug-likeness (QED) is 0.173. The average molecular weight is 645 g/mol. The van der Waals surface area contributed by atoms with E-state index in [1.165, 1.54) is 0 Å². The largest absolute Gasteiger partial charge is 0.489 e. The second-order valence-corrected chi connectivity index (χ2v) is 12.7. The van der Waals surface area contributed by atoms with Crippen LogP contribution in [0.15, 0.2) is 47.0 Å². The van der Waals surface area contributed by atoms with Crippen LogP contribution in [0.2, 0.25) is 15.1 Å². The lowest BCUT2D eigenvalue weighted by molar-refractivity contribution is -0.0569. The molecule has 2 heterocycles. The monoisotopic (exact) mass is 643 g/mol. The Hall–Kier alpha value is -3.04. The third kappa shape index (κ3) is 5.78. The molecule has 0 bridgehead atoms. The highest BCUT2D eigenvalue weighted by Crippen LogP contribution is 2.53. The number of ether oxygens (including phenoxy) is 2. The second-order valence-electron chi connectivity index (χ2n) is 11.5. The van der Waals surface area contributed by atoms with Gasteiger partial charge in [-0.3, -0.25) is 4.68 Å². The first-order valence-corrected chi connectivity index (χ1v) is 15.6. The summed E-state index contributed by atoms with van der Waals surface area (Å²) in [7, 11) is 0. The molecular formula is C32H32Cl3N3O5. The van der Waals surface area contributed by atoms with Crippen molar-refractivity contribution < 1.29 is 23.9 Å². The Kier molecular flexibility index (Phi) is 8.24. The van der Waals surface area contributed by atoms with Gasteiger partial charge in [-0.2, -0.15) is 5.10 Å². The van der Waals surface area contributed by atoms with Gasteiger partial charge < -0.3 is 19.1 Å². The fraction of sp³-hybridized carbons (Fsp3) is 0.406. The normalized spacial score (nSPS) is 19.9. The van der Waals surface area contributed by atoms with Gasteiger partial charge in [0.25, 0.3) is 0 Å². The summed E-state index contributed by atoms with van der Waals surface area (Å²) in [6.45, 7) is 6.24. The number of aromatic nitrogens is 3. The summed E-state index contributed by atoms with van der Waals surface area (Å²) in [5.74, 6) is 1.20. The van der Waals surface area contributed by atoms with Crippen molar-refractivity contribution in [2.45, 2.75) is 76.5 Å². The lowest BCUT2D eigenvalue weighted by atomic mass is 9.66. The van der Waals surface area contributed by atoms with Gasteiger partial charge in [-0.1, -0.05) is 52.1 Å². The Morgan fingerprint density at radius 2 is 1.81 bits per heavy atom. The zero-order valence-electron chi connectivity index (χ0n) is 24.1. The molecule has 4 aromatic rings. The average Bonchev–Trinajstić information content (AvgIpc) is 3.55. The molecule has 226 valence electrons. The van der Waals surface area contributed by atoms with Crippen molar-refractivity contribution in [3.63, 3.8) is 0 Å². The van der Waals surface area contributed by atoms with Crippen LogP contribution < -0.4 is 4.74 Å². The summed E-state index contributed by atoms with van der Waals surface area (Å²) < 4.78 is 18.9. The number of halogens is 3. The van der Waals surface area contributed by atoms with E-state index in [9.17, 15) is 9.90 Å². The zero-order chi connectivity index (χ0) is 30.5. The Morgan fingerprint density at radius 3 is 2.44 bits per heavy atom. The molecule has 2 aliphatic carbocycles. The summed E-state index contributed by atoms with van der Waals surface area (Å²) in [6.07, 6.45) is 2.95. The molecule has 0 saturated heterocycles. The van der Waals surface area contributed by atoms with Crippen LogP contribution in [0.5, 0.6) is 5.75 Å². The highest BCUT2D eigenvalue weighted by atomic mass is 35.5. The molecule has 2 fully saturated rings. The van der Waals surface area contributed by atoms with Gasteiger partial charge in [0.15, 0.2) is 5.69 Å². The van der Waals surface area contributed by atoms with Gasteiger partial charge in [-0.25, -0.2) is 4.79 Å². The molecule has 43 heavy (non-hydrogen) atoms. The van der Waals surface area contributed by atoms with E-state index >= 15 is 0 Å². The number of esters is 1. The molecule has 1 N–H and O–H groups in total. The molecule has 11 heteroatoms. The van der Waals surface area contributed by atoms with Crippen molar-refractivity contribution in [1.82, 2.24) is 14.9 Å². The minimum Gasteiger partial charge on any atom is -0.489 e. The number of nitrogens with zero attached hydrogens (tertiary/aromatic N) is 3.